The summed E-state index contributed by atoms with van der Waals surface area (Å²) in [5.41, 5.74) is 2.53. The lowest BCUT2D eigenvalue weighted by atomic mass is 9.68. The van der Waals surface area contributed by atoms with Crippen LogP contribution in [0.2, 0.25) is 0 Å². The third-order valence-corrected chi connectivity index (χ3v) is 7.11. The van der Waals surface area contributed by atoms with Gasteiger partial charge in [0.25, 0.3) is 0 Å². The second-order valence-corrected chi connectivity index (χ2v) is 9.28. The Morgan fingerprint density at radius 3 is 2.79 bits per heavy atom. The number of halogens is 1. The minimum Gasteiger partial charge on any atom is -0.480 e. The molecule has 0 amide bonds. The van der Waals surface area contributed by atoms with E-state index in [1.54, 1.807) is 7.11 Å². The van der Waals surface area contributed by atoms with Gasteiger partial charge in [-0.15, -0.1) is 0 Å². The zero-order valence-corrected chi connectivity index (χ0v) is 18.7. The smallest absolute Gasteiger partial charge is 0.227 e. The second kappa shape index (κ2) is 9.11. The van der Waals surface area contributed by atoms with E-state index in [0.717, 1.165) is 49.0 Å². The molecule has 156 valence electrons. The van der Waals surface area contributed by atoms with Crippen LogP contribution in [0.4, 0.5) is 0 Å². The van der Waals surface area contributed by atoms with E-state index in [-0.39, 0.29) is 11.0 Å². The van der Waals surface area contributed by atoms with Crippen LogP contribution in [0.15, 0.2) is 41.1 Å². The Bertz CT molecular complexity index is 811. The van der Waals surface area contributed by atoms with Crippen LogP contribution < -0.4 is 10.1 Å². The van der Waals surface area contributed by atoms with E-state index in [1.165, 1.54) is 31.4 Å². The number of aromatic nitrogens is 2. The Morgan fingerprint density at radius 2 is 2.07 bits per heavy atom. The fourth-order valence-electron chi connectivity index (χ4n) is 5.07. The van der Waals surface area contributed by atoms with Crippen LogP contribution in [0.1, 0.15) is 56.2 Å². The molecule has 1 aliphatic carbocycles. The van der Waals surface area contributed by atoms with Crippen LogP contribution >= 0.6 is 15.9 Å². The summed E-state index contributed by atoms with van der Waals surface area (Å²) in [7, 11) is 1.63. The Labute approximate surface area is 181 Å². The van der Waals surface area contributed by atoms with Crippen molar-refractivity contribution >= 4 is 15.9 Å². The molecular weight excluding hydrogens is 430 g/mol. The van der Waals surface area contributed by atoms with Gasteiger partial charge in [-0.25, -0.2) is 4.98 Å². The van der Waals surface area contributed by atoms with Crippen molar-refractivity contribution in [2.24, 2.45) is 0 Å². The largest absolute Gasteiger partial charge is 0.480 e. The van der Waals surface area contributed by atoms with E-state index in [2.05, 4.69) is 44.4 Å². The lowest BCUT2D eigenvalue weighted by molar-refractivity contribution is -0.104. The molecule has 3 heterocycles. The summed E-state index contributed by atoms with van der Waals surface area (Å²) in [6.45, 7) is 2.57. The van der Waals surface area contributed by atoms with E-state index >= 15 is 0 Å². The summed E-state index contributed by atoms with van der Waals surface area (Å²) in [6, 6.07) is 8.40. The van der Waals surface area contributed by atoms with Crippen molar-refractivity contribution in [3.05, 3.63) is 52.4 Å². The predicted molar refractivity (Wildman–Crippen MR) is 117 cm³/mol. The van der Waals surface area contributed by atoms with Gasteiger partial charge in [-0.05, 0) is 78.3 Å². The van der Waals surface area contributed by atoms with Crippen LogP contribution in [-0.4, -0.2) is 35.8 Å². The van der Waals surface area contributed by atoms with Gasteiger partial charge < -0.3 is 14.8 Å². The molecule has 0 unspecified atom stereocenters. The van der Waals surface area contributed by atoms with Crippen molar-refractivity contribution in [1.29, 1.82) is 0 Å². The fraction of sp³-hybridized carbons (Fsp3) is 0.565. The number of nitrogens with zero attached hydrogens (tertiary/aromatic N) is 2. The number of hydrogen-bond donors (Lipinski definition) is 1. The van der Waals surface area contributed by atoms with E-state index < -0.39 is 0 Å². The summed E-state index contributed by atoms with van der Waals surface area (Å²) in [5, 5.41) is 3.62. The van der Waals surface area contributed by atoms with E-state index in [4.69, 9.17) is 14.5 Å². The van der Waals surface area contributed by atoms with Gasteiger partial charge >= 0.3 is 0 Å². The first-order valence-electron chi connectivity index (χ1n) is 10.6. The lowest BCUT2D eigenvalue weighted by Gasteiger charge is -2.46. The van der Waals surface area contributed by atoms with Crippen molar-refractivity contribution in [3.8, 4) is 5.88 Å². The first-order chi connectivity index (χ1) is 14.1. The van der Waals surface area contributed by atoms with Gasteiger partial charge in [0.15, 0.2) is 0 Å². The molecule has 2 aliphatic rings. The molecule has 5 nitrogen and oxygen atoms in total. The van der Waals surface area contributed by atoms with Gasteiger partial charge in [0.05, 0.1) is 17.2 Å². The monoisotopic (exact) mass is 459 g/mol. The average Bonchev–Trinajstić information content (AvgIpc) is 3.19. The molecule has 4 rings (SSSR count). The zero-order valence-electron chi connectivity index (χ0n) is 17.1. The number of pyridine rings is 2. The molecule has 1 N–H and O–H groups in total. The van der Waals surface area contributed by atoms with Gasteiger partial charge in [-0.1, -0.05) is 18.9 Å². The number of hydrogen-bond acceptors (Lipinski definition) is 5. The number of ether oxygens (including phenoxy) is 2. The number of methoxy groups -OCH3 is 1. The minimum atomic E-state index is 0.0700. The quantitative estimate of drug-likeness (QED) is 0.603. The van der Waals surface area contributed by atoms with Gasteiger partial charge in [0, 0.05) is 36.7 Å². The van der Waals surface area contributed by atoms with Crippen molar-refractivity contribution < 1.29 is 9.47 Å². The van der Waals surface area contributed by atoms with Crippen LogP contribution in [0, 0.1) is 0 Å². The first kappa shape index (κ1) is 20.8. The molecule has 2 aromatic rings. The Hall–Kier alpha value is -1.50. The second-order valence-electron chi connectivity index (χ2n) is 8.42. The van der Waals surface area contributed by atoms with Gasteiger partial charge in [-0.3, -0.25) is 4.98 Å². The number of nitrogens with one attached hydrogen (secondary N) is 1. The fourth-order valence-corrected chi connectivity index (χ4v) is 5.63. The highest BCUT2D eigenvalue weighted by atomic mass is 79.9. The molecule has 0 radical (unpaired) electrons. The van der Waals surface area contributed by atoms with Crippen molar-refractivity contribution in [2.45, 2.75) is 62.5 Å². The van der Waals surface area contributed by atoms with Crippen LogP contribution in [0.3, 0.4) is 0 Å². The third-order valence-electron chi connectivity index (χ3n) is 6.54. The molecule has 0 bridgehead atoms. The van der Waals surface area contributed by atoms with Gasteiger partial charge in [-0.2, -0.15) is 0 Å². The van der Waals surface area contributed by atoms with E-state index in [9.17, 15) is 0 Å². The van der Waals surface area contributed by atoms with Crippen LogP contribution in [0.25, 0.3) is 0 Å². The van der Waals surface area contributed by atoms with Gasteiger partial charge in [0.2, 0.25) is 5.88 Å². The maximum Gasteiger partial charge on any atom is 0.227 e. The zero-order chi connectivity index (χ0) is 20.2. The molecule has 1 spiro atoms. The third kappa shape index (κ3) is 4.65. The molecule has 2 aromatic heterocycles. The lowest BCUT2D eigenvalue weighted by Crippen LogP contribution is -2.47. The highest BCUT2D eigenvalue weighted by Crippen LogP contribution is 2.49. The van der Waals surface area contributed by atoms with Crippen molar-refractivity contribution in [3.63, 3.8) is 0 Å². The molecule has 0 aromatic carbocycles. The molecule has 1 aliphatic heterocycles. The maximum absolute atomic E-state index is 6.34. The highest BCUT2D eigenvalue weighted by molar-refractivity contribution is 9.10. The Morgan fingerprint density at radius 1 is 1.21 bits per heavy atom. The Kier molecular flexibility index (Phi) is 6.52. The summed E-state index contributed by atoms with van der Waals surface area (Å²) < 4.78 is 12.4. The Balaban J connectivity index is 1.43. The SMILES string of the molecule is COc1ncc(CNCC[C@@]2(c3ccccn3)CCOC3(CCCC3)C2)cc1Br. The van der Waals surface area contributed by atoms with Crippen molar-refractivity contribution in [2.75, 3.05) is 20.3 Å². The molecule has 1 saturated heterocycles. The standard InChI is InChI=1S/C23H30BrN3O2/c1-28-21-19(24)14-18(16-27-21)15-25-12-9-22(20-6-2-5-11-26-20)10-13-29-23(17-22)7-3-4-8-23/h2,5-6,11,14,16,25H,3-4,7-10,12-13,15,17H2,1H3/t22-/m1/s1. The molecule has 2 fully saturated rings. The van der Waals surface area contributed by atoms with Crippen LogP contribution in [0.5, 0.6) is 5.88 Å². The summed E-state index contributed by atoms with van der Waals surface area (Å²) >= 11 is 3.51. The summed E-state index contributed by atoms with van der Waals surface area (Å²) in [4.78, 5) is 9.12. The van der Waals surface area contributed by atoms with E-state index in [1.807, 2.05) is 18.5 Å². The molecule has 1 saturated carbocycles. The van der Waals surface area contributed by atoms with E-state index in [0.29, 0.717) is 5.88 Å². The molecule has 1 atom stereocenters. The van der Waals surface area contributed by atoms with Crippen LogP contribution in [-0.2, 0) is 16.7 Å². The minimum absolute atomic E-state index is 0.0700. The van der Waals surface area contributed by atoms with Gasteiger partial charge in [0.1, 0.15) is 0 Å². The summed E-state index contributed by atoms with van der Waals surface area (Å²) in [5.74, 6) is 0.618. The molecular formula is C23H30BrN3O2. The highest BCUT2D eigenvalue weighted by Gasteiger charge is 2.48. The molecule has 6 heteroatoms. The maximum atomic E-state index is 6.34. The first-order valence-corrected chi connectivity index (χ1v) is 11.4. The van der Waals surface area contributed by atoms with Crippen molar-refractivity contribution in [1.82, 2.24) is 15.3 Å². The predicted octanol–water partition coefficient (Wildman–Crippen LogP) is 4.79. The summed E-state index contributed by atoms with van der Waals surface area (Å²) in [6.07, 6.45) is 12.0. The normalized spacial score (nSPS) is 23.4. The average molecular weight is 460 g/mol. The topological polar surface area (TPSA) is 56.3 Å². The number of rotatable bonds is 7. The molecule has 29 heavy (non-hydrogen) atoms.